The molecule has 80 valence electrons. The lowest BCUT2D eigenvalue weighted by atomic mass is 10.3. The maximum Gasteiger partial charge on any atom is 0.119 e. The third kappa shape index (κ3) is 6.49. The van der Waals surface area contributed by atoms with Gasteiger partial charge in [0.2, 0.25) is 0 Å². The Kier molecular flexibility index (Phi) is 7.95. The second-order valence-corrected chi connectivity index (χ2v) is 2.96. The highest BCUT2D eigenvalue weighted by atomic mass is 16.5. The molecule has 1 aromatic rings. The molecule has 0 aliphatic heterocycles. The van der Waals surface area contributed by atoms with Gasteiger partial charge in [0, 0.05) is 6.54 Å². The van der Waals surface area contributed by atoms with Crippen LogP contribution in [0.25, 0.3) is 0 Å². The van der Waals surface area contributed by atoms with Crippen molar-refractivity contribution in [2.24, 2.45) is 0 Å². The van der Waals surface area contributed by atoms with E-state index in [2.05, 4.69) is 4.90 Å². The third-order valence-electron chi connectivity index (χ3n) is 1.55. The summed E-state index contributed by atoms with van der Waals surface area (Å²) in [6, 6.07) is 9.88. The molecule has 1 rings (SSSR count). The van der Waals surface area contributed by atoms with E-state index < -0.39 is 0 Å². The summed E-state index contributed by atoms with van der Waals surface area (Å²) in [6.07, 6.45) is 0. The summed E-state index contributed by atoms with van der Waals surface area (Å²) in [5.41, 5.74) is 0. The van der Waals surface area contributed by atoms with E-state index in [9.17, 15) is 0 Å². The van der Waals surface area contributed by atoms with Gasteiger partial charge in [0.1, 0.15) is 12.4 Å². The molecule has 0 aromatic heterocycles. The minimum Gasteiger partial charge on any atom is -0.492 e. The first-order valence-corrected chi connectivity index (χ1v) is 5.11. The van der Waals surface area contributed by atoms with Crippen molar-refractivity contribution in [2.45, 2.75) is 13.8 Å². The standard InChI is InChI=1S/C10H15NO.C2H6/c1-11(2)8-9-12-10-6-4-3-5-7-10;1-2/h3-7H,8-9H2,1-2H3;1-2H3. The van der Waals surface area contributed by atoms with Crippen molar-refractivity contribution in [2.75, 3.05) is 27.2 Å². The molecule has 2 heteroatoms. The molecule has 0 spiro atoms. The topological polar surface area (TPSA) is 12.5 Å². The zero-order valence-electron chi connectivity index (χ0n) is 9.66. The van der Waals surface area contributed by atoms with Gasteiger partial charge in [-0.05, 0) is 26.2 Å². The fraction of sp³-hybridized carbons (Fsp3) is 0.500. The van der Waals surface area contributed by atoms with Crippen LogP contribution in [0.15, 0.2) is 30.3 Å². The molecule has 0 fully saturated rings. The van der Waals surface area contributed by atoms with Crippen molar-refractivity contribution >= 4 is 0 Å². The SMILES string of the molecule is CC.CN(C)CCOc1ccccc1. The quantitative estimate of drug-likeness (QED) is 0.732. The Hall–Kier alpha value is -1.02. The normalized spacial score (nSPS) is 9.21. The molecule has 0 saturated heterocycles. The van der Waals surface area contributed by atoms with Gasteiger partial charge in [0.15, 0.2) is 0 Å². The van der Waals surface area contributed by atoms with Crippen LogP contribution in [0, 0.1) is 0 Å². The number of hydrogen-bond donors (Lipinski definition) is 0. The molecule has 0 unspecified atom stereocenters. The Balaban J connectivity index is 0.000000791. The molecule has 14 heavy (non-hydrogen) atoms. The second-order valence-electron chi connectivity index (χ2n) is 2.96. The minimum atomic E-state index is 0.747. The van der Waals surface area contributed by atoms with E-state index in [1.807, 2.05) is 58.3 Å². The summed E-state index contributed by atoms with van der Waals surface area (Å²) < 4.78 is 5.48. The molecule has 1 aromatic carbocycles. The van der Waals surface area contributed by atoms with Gasteiger partial charge in [-0.3, -0.25) is 0 Å². The zero-order chi connectivity index (χ0) is 10.8. The van der Waals surface area contributed by atoms with E-state index in [-0.39, 0.29) is 0 Å². The number of para-hydroxylation sites is 1. The zero-order valence-corrected chi connectivity index (χ0v) is 9.66. The Morgan fingerprint density at radius 1 is 1.07 bits per heavy atom. The molecule has 0 heterocycles. The predicted octanol–water partition coefficient (Wildman–Crippen LogP) is 2.65. The lowest BCUT2D eigenvalue weighted by Crippen LogP contribution is -2.19. The van der Waals surface area contributed by atoms with Crippen LogP contribution in [0.1, 0.15) is 13.8 Å². The second kappa shape index (κ2) is 8.57. The summed E-state index contributed by atoms with van der Waals surface area (Å²) in [5, 5.41) is 0. The number of ether oxygens (including phenoxy) is 1. The van der Waals surface area contributed by atoms with Crippen LogP contribution in [-0.2, 0) is 0 Å². The number of nitrogens with zero attached hydrogens (tertiary/aromatic N) is 1. The molecule has 0 aliphatic carbocycles. The first kappa shape index (κ1) is 13.0. The Bertz CT molecular complexity index is 209. The van der Waals surface area contributed by atoms with Crippen LogP contribution in [0.3, 0.4) is 0 Å². The van der Waals surface area contributed by atoms with Crippen LogP contribution < -0.4 is 4.74 Å². The van der Waals surface area contributed by atoms with Gasteiger partial charge in [-0.2, -0.15) is 0 Å². The number of likely N-dealkylation sites (N-methyl/N-ethyl adjacent to an activating group) is 1. The molecule has 0 amide bonds. The molecule has 0 saturated carbocycles. The number of benzene rings is 1. The lowest BCUT2D eigenvalue weighted by molar-refractivity contribution is 0.261. The highest BCUT2D eigenvalue weighted by Crippen LogP contribution is 2.07. The molecule has 0 atom stereocenters. The summed E-state index contributed by atoms with van der Waals surface area (Å²) >= 11 is 0. The molecule has 2 nitrogen and oxygen atoms in total. The Labute approximate surface area is 87.5 Å². The monoisotopic (exact) mass is 195 g/mol. The van der Waals surface area contributed by atoms with Gasteiger partial charge in [0.25, 0.3) is 0 Å². The molecule has 0 bridgehead atoms. The van der Waals surface area contributed by atoms with E-state index in [0.717, 1.165) is 18.9 Å². The van der Waals surface area contributed by atoms with Crippen LogP contribution in [-0.4, -0.2) is 32.1 Å². The largest absolute Gasteiger partial charge is 0.492 e. The highest BCUT2D eigenvalue weighted by Gasteiger charge is 1.91. The summed E-state index contributed by atoms with van der Waals surface area (Å²) in [4.78, 5) is 2.10. The number of rotatable bonds is 4. The first-order chi connectivity index (χ1) is 6.79. The van der Waals surface area contributed by atoms with E-state index in [4.69, 9.17) is 4.74 Å². The molecule has 0 aliphatic rings. The lowest BCUT2D eigenvalue weighted by Gasteiger charge is -2.10. The minimum absolute atomic E-state index is 0.747. The Morgan fingerprint density at radius 3 is 2.14 bits per heavy atom. The van der Waals surface area contributed by atoms with Crippen molar-refractivity contribution in [3.05, 3.63) is 30.3 Å². The average Bonchev–Trinajstić information content (AvgIpc) is 2.22. The fourth-order valence-electron chi connectivity index (χ4n) is 0.863. The van der Waals surface area contributed by atoms with E-state index in [1.165, 1.54) is 0 Å². The fourth-order valence-corrected chi connectivity index (χ4v) is 0.863. The van der Waals surface area contributed by atoms with Gasteiger partial charge in [-0.15, -0.1) is 0 Å². The smallest absolute Gasteiger partial charge is 0.119 e. The van der Waals surface area contributed by atoms with Gasteiger partial charge < -0.3 is 9.64 Å². The van der Waals surface area contributed by atoms with E-state index in [1.54, 1.807) is 0 Å². The summed E-state index contributed by atoms with van der Waals surface area (Å²) in [5.74, 6) is 0.944. The maximum atomic E-state index is 5.48. The highest BCUT2D eigenvalue weighted by molar-refractivity contribution is 5.20. The maximum absolute atomic E-state index is 5.48. The van der Waals surface area contributed by atoms with Crippen molar-refractivity contribution in [1.82, 2.24) is 4.90 Å². The van der Waals surface area contributed by atoms with Gasteiger partial charge in [0.05, 0.1) is 0 Å². The van der Waals surface area contributed by atoms with E-state index in [0.29, 0.717) is 0 Å². The molecule has 0 radical (unpaired) electrons. The van der Waals surface area contributed by atoms with Crippen LogP contribution >= 0.6 is 0 Å². The van der Waals surface area contributed by atoms with Crippen molar-refractivity contribution in [3.8, 4) is 5.75 Å². The Morgan fingerprint density at radius 2 is 1.64 bits per heavy atom. The molecule has 0 N–H and O–H groups in total. The van der Waals surface area contributed by atoms with Crippen LogP contribution in [0.2, 0.25) is 0 Å². The van der Waals surface area contributed by atoms with Crippen molar-refractivity contribution in [1.29, 1.82) is 0 Å². The third-order valence-corrected chi connectivity index (χ3v) is 1.55. The first-order valence-electron chi connectivity index (χ1n) is 5.11. The summed E-state index contributed by atoms with van der Waals surface area (Å²) in [6.45, 7) is 5.70. The van der Waals surface area contributed by atoms with Crippen LogP contribution in [0.5, 0.6) is 5.75 Å². The molecular formula is C12H21NO. The summed E-state index contributed by atoms with van der Waals surface area (Å²) in [7, 11) is 4.07. The van der Waals surface area contributed by atoms with Crippen molar-refractivity contribution in [3.63, 3.8) is 0 Å². The predicted molar refractivity (Wildman–Crippen MR) is 61.8 cm³/mol. The average molecular weight is 195 g/mol. The van der Waals surface area contributed by atoms with Crippen LogP contribution in [0.4, 0.5) is 0 Å². The van der Waals surface area contributed by atoms with Crippen molar-refractivity contribution < 1.29 is 4.74 Å². The van der Waals surface area contributed by atoms with E-state index >= 15 is 0 Å². The molecular weight excluding hydrogens is 174 g/mol. The van der Waals surface area contributed by atoms with Gasteiger partial charge in [-0.25, -0.2) is 0 Å². The van der Waals surface area contributed by atoms with Gasteiger partial charge >= 0.3 is 0 Å². The van der Waals surface area contributed by atoms with Gasteiger partial charge in [-0.1, -0.05) is 32.0 Å². The number of hydrogen-bond acceptors (Lipinski definition) is 2.